The van der Waals surface area contributed by atoms with Crippen LogP contribution in [-0.2, 0) is 4.79 Å². The number of unbranched alkanes of at least 4 members (excludes halogenated alkanes) is 14. The van der Waals surface area contributed by atoms with Gasteiger partial charge < -0.3 is 10.2 Å². The SMILES string of the molecule is CCCCCCCCCCCCCCCC(=O)CC(O)CCCCCC(O)CC. The normalized spacial score (nSPS) is 13.5. The zero-order valence-electron chi connectivity index (χ0n) is 19.8. The second-order valence-electron chi connectivity index (χ2n) is 9.09. The van der Waals surface area contributed by atoms with Crippen LogP contribution in [0.2, 0.25) is 0 Å². The predicted octanol–water partition coefficient (Wildman–Crippen LogP) is 7.51. The molecule has 0 aromatic heterocycles. The lowest BCUT2D eigenvalue weighted by atomic mass is 10.0. The van der Waals surface area contributed by atoms with E-state index in [-0.39, 0.29) is 11.9 Å². The first kappa shape index (κ1) is 28.6. The molecule has 29 heavy (non-hydrogen) atoms. The van der Waals surface area contributed by atoms with E-state index >= 15 is 0 Å². The monoisotopic (exact) mass is 412 g/mol. The van der Waals surface area contributed by atoms with Gasteiger partial charge in [0, 0.05) is 12.8 Å². The average molecular weight is 413 g/mol. The van der Waals surface area contributed by atoms with Gasteiger partial charge in [-0.05, 0) is 25.7 Å². The van der Waals surface area contributed by atoms with Crippen molar-refractivity contribution >= 4 is 5.78 Å². The summed E-state index contributed by atoms with van der Waals surface area (Å²) < 4.78 is 0. The molecule has 0 rings (SSSR count). The molecular formula is C26H52O3. The molecule has 0 saturated carbocycles. The lowest BCUT2D eigenvalue weighted by Gasteiger charge is -2.10. The highest BCUT2D eigenvalue weighted by Crippen LogP contribution is 2.15. The van der Waals surface area contributed by atoms with Crippen molar-refractivity contribution in [3.8, 4) is 0 Å². The molecule has 0 saturated heterocycles. The Morgan fingerprint density at radius 2 is 1.00 bits per heavy atom. The van der Waals surface area contributed by atoms with E-state index in [2.05, 4.69) is 6.92 Å². The molecule has 2 N–H and O–H groups in total. The van der Waals surface area contributed by atoms with E-state index in [9.17, 15) is 15.0 Å². The third-order valence-corrected chi connectivity index (χ3v) is 6.07. The summed E-state index contributed by atoms with van der Waals surface area (Å²) in [7, 11) is 0. The number of Topliss-reactive ketones (excluding diaryl/α,β-unsaturated/α-hetero) is 1. The first-order chi connectivity index (χ1) is 14.1. The molecule has 2 atom stereocenters. The zero-order valence-corrected chi connectivity index (χ0v) is 19.8. The number of aliphatic hydroxyl groups is 2. The molecule has 2 unspecified atom stereocenters. The molecule has 174 valence electrons. The Labute approximate surface area is 182 Å². The Morgan fingerprint density at radius 1 is 0.586 bits per heavy atom. The number of ketones is 1. The van der Waals surface area contributed by atoms with Crippen LogP contribution in [0.25, 0.3) is 0 Å². The van der Waals surface area contributed by atoms with Crippen LogP contribution in [-0.4, -0.2) is 28.2 Å². The van der Waals surface area contributed by atoms with E-state index in [1.807, 2.05) is 6.92 Å². The molecule has 0 aliphatic rings. The molecule has 0 aliphatic heterocycles. The van der Waals surface area contributed by atoms with Crippen molar-refractivity contribution in [1.82, 2.24) is 0 Å². The smallest absolute Gasteiger partial charge is 0.135 e. The quantitative estimate of drug-likeness (QED) is 0.171. The molecule has 0 radical (unpaired) electrons. The lowest BCUT2D eigenvalue weighted by Crippen LogP contribution is -2.13. The number of rotatable bonds is 23. The Kier molecular flexibility index (Phi) is 22.0. The molecule has 0 heterocycles. The minimum atomic E-state index is -0.472. The highest BCUT2D eigenvalue weighted by molar-refractivity contribution is 5.78. The number of carbonyl (C=O) groups is 1. The summed E-state index contributed by atoms with van der Waals surface area (Å²) in [5.41, 5.74) is 0. The van der Waals surface area contributed by atoms with E-state index in [1.54, 1.807) is 0 Å². The van der Waals surface area contributed by atoms with Crippen LogP contribution in [0, 0.1) is 0 Å². The van der Waals surface area contributed by atoms with Crippen molar-refractivity contribution in [2.75, 3.05) is 0 Å². The summed E-state index contributed by atoms with van der Waals surface area (Å²) in [5, 5.41) is 19.5. The van der Waals surface area contributed by atoms with E-state index in [0.717, 1.165) is 44.9 Å². The van der Waals surface area contributed by atoms with Crippen molar-refractivity contribution in [2.24, 2.45) is 0 Å². The summed E-state index contributed by atoms with van der Waals surface area (Å²) >= 11 is 0. The highest BCUT2D eigenvalue weighted by Gasteiger charge is 2.10. The first-order valence-electron chi connectivity index (χ1n) is 13.0. The predicted molar refractivity (Wildman–Crippen MR) is 125 cm³/mol. The molecule has 0 bridgehead atoms. The van der Waals surface area contributed by atoms with Crippen LogP contribution in [0.3, 0.4) is 0 Å². The molecule has 0 aliphatic carbocycles. The maximum Gasteiger partial charge on any atom is 0.135 e. The van der Waals surface area contributed by atoms with Crippen molar-refractivity contribution in [1.29, 1.82) is 0 Å². The number of hydrogen-bond acceptors (Lipinski definition) is 3. The Hall–Kier alpha value is -0.410. The molecule has 0 amide bonds. The fraction of sp³-hybridized carbons (Fsp3) is 0.962. The van der Waals surface area contributed by atoms with Gasteiger partial charge in [-0.2, -0.15) is 0 Å². The summed E-state index contributed by atoms with van der Waals surface area (Å²) in [6.07, 6.45) is 22.8. The second-order valence-corrected chi connectivity index (χ2v) is 9.09. The fourth-order valence-corrected chi connectivity index (χ4v) is 3.95. The van der Waals surface area contributed by atoms with Gasteiger partial charge in [0.25, 0.3) is 0 Å². The minimum absolute atomic E-state index is 0.179. The first-order valence-corrected chi connectivity index (χ1v) is 13.0. The average Bonchev–Trinajstić information content (AvgIpc) is 2.70. The van der Waals surface area contributed by atoms with E-state index < -0.39 is 6.10 Å². The molecule has 0 spiro atoms. The maximum atomic E-state index is 12.0. The standard InChI is InChI=1S/C26H52O3/c1-3-5-6-7-8-9-10-11-12-13-14-15-17-21-25(28)23-26(29)22-19-16-18-20-24(27)4-2/h24,26-27,29H,3-23H2,1-2H3. The largest absolute Gasteiger partial charge is 0.393 e. The lowest BCUT2D eigenvalue weighted by molar-refractivity contribution is -0.121. The maximum absolute atomic E-state index is 12.0. The van der Waals surface area contributed by atoms with E-state index in [4.69, 9.17) is 0 Å². The second kappa shape index (κ2) is 22.3. The van der Waals surface area contributed by atoms with Gasteiger partial charge in [0.1, 0.15) is 5.78 Å². The zero-order chi connectivity index (χ0) is 21.6. The van der Waals surface area contributed by atoms with E-state index in [0.29, 0.717) is 19.3 Å². The fourth-order valence-electron chi connectivity index (χ4n) is 3.95. The van der Waals surface area contributed by atoms with Gasteiger partial charge in [0.2, 0.25) is 0 Å². The minimum Gasteiger partial charge on any atom is -0.393 e. The van der Waals surface area contributed by atoms with Crippen LogP contribution in [0.4, 0.5) is 0 Å². The van der Waals surface area contributed by atoms with Crippen LogP contribution >= 0.6 is 0 Å². The van der Waals surface area contributed by atoms with Crippen LogP contribution in [0.15, 0.2) is 0 Å². The van der Waals surface area contributed by atoms with Gasteiger partial charge in [-0.3, -0.25) is 4.79 Å². The Balaban J connectivity index is 3.32. The topological polar surface area (TPSA) is 57.5 Å². The van der Waals surface area contributed by atoms with Gasteiger partial charge in [-0.1, -0.05) is 110 Å². The number of hydrogen-bond donors (Lipinski definition) is 2. The van der Waals surface area contributed by atoms with Gasteiger partial charge >= 0.3 is 0 Å². The van der Waals surface area contributed by atoms with Crippen molar-refractivity contribution in [2.45, 2.75) is 161 Å². The molecule has 3 nitrogen and oxygen atoms in total. The van der Waals surface area contributed by atoms with Gasteiger partial charge in [0.05, 0.1) is 12.2 Å². The summed E-state index contributed by atoms with van der Waals surface area (Å²) in [6.45, 7) is 4.27. The van der Waals surface area contributed by atoms with Gasteiger partial charge in [0.15, 0.2) is 0 Å². The highest BCUT2D eigenvalue weighted by atomic mass is 16.3. The third kappa shape index (κ3) is 22.1. The van der Waals surface area contributed by atoms with Crippen molar-refractivity contribution < 1.29 is 15.0 Å². The van der Waals surface area contributed by atoms with Crippen molar-refractivity contribution in [3.05, 3.63) is 0 Å². The van der Waals surface area contributed by atoms with Gasteiger partial charge in [-0.15, -0.1) is 0 Å². The Bertz CT molecular complexity index is 343. The Morgan fingerprint density at radius 3 is 1.48 bits per heavy atom. The van der Waals surface area contributed by atoms with Gasteiger partial charge in [-0.25, -0.2) is 0 Å². The molecule has 0 fully saturated rings. The number of aliphatic hydroxyl groups excluding tert-OH is 2. The van der Waals surface area contributed by atoms with Crippen LogP contribution in [0.5, 0.6) is 0 Å². The van der Waals surface area contributed by atoms with Crippen molar-refractivity contribution in [3.63, 3.8) is 0 Å². The third-order valence-electron chi connectivity index (χ3n) is 6.07. The molecule has 0 aromatic carbocycles. The molecule has 0 aromatic rings. The molecular weight excluding hydrogens is 360 g/mol. The van der Waals surface area contributed by atoms with E-state index in [1.165, 1.54) is 70.6 Å². The number of carbonyl (C=O) groups excluding carboxylic acids is 1. The van der Waals surface area contributed by atoms with Crippen LogP contribution < -0.4 is 0 Å². The summed E-state index contributed by atoms with van der Waals surface area (Å²) in [5.74, 6) is 0.224. The summed E-state index contributed by atoms with van der Waals surface area (Å²) in [6, 6.07) is 0. The summed E-state index contributed by atoms with van der Waals surface area (Å²) in [4.78, 5) is 12.0. The van der Waals surface area contributed by atoms with Crippen LogP contribution in [0.1, 0.15) is 149 Å². The molecule has 3 heteroatoms.